The van der Waals surface area contributed by atoms with Crippen LogP contribution in [0.25, 0.3) is 11.3 Å². The van der Waals surface area contributed by atoms with Gasteiger partial charge < -0.3 is 9.88 Å². The summed E-state index contributed by atoms with van der Waals surface area (Å²) in [6, 6.07) is 12.7. The van der Waals surface area contributed by atoms with Gasteiger partial charge in [0.05, 0.1) is 17.6 Å². The summed E-state index contributed by atoms with van der Waals surface area (Å²) in [5.41, 5.74) is 4.73. The molecular formula is C24H26N4O3S. The summed E-state index contributed by atoms with van der Waals surface area (Å²) in [6.45, 7) is 2.90. The van der Waals surface area contributed by atoms with E-state index in [4.69, 9.17) is 4.98 Å². The molecule has 0 radical (unpaired) electrons. The van der Waals surface area contributed by atoms with E-state index in [-0.39, 0.29) is 11.9 Å². The smallest absolute Gasteiger partial charge is 0.255 e. The van der Waals surface area contributed by atoms with Crippen molar-refractivity contribution in [3.05, 3.63) is 65.6 Å². The zero-order chi connectivity index (χ0) is 22.5. The van der Waals surface area contributed by atoms with Gasteiger partial charge in [0.25, 0.3) is 5.91 Å². The van der Waals surface area contributed by atoms with Crippen molar-refractivity contribution in [3.63, 3.8) is 0 Å². The van der Waals surface area contributed by atoms with Crippen LogP contribution in [0.4, 0.5) is 11.4 Å². The van der Waals surface area contributed by atoms with Crippen LogP contribution in [0.2, 0.25) is 0 Å². The van der Waals surface area contributed by atoms with E-state index in [0.717, 1.165) is 35.6 Å². The molecule has 0 fully saturated rings. The summed E-state index contributed by atoms with van der Waals surface area (Å²) in [7, 11) is -3.35. The first-order valence-electron chi connectivity index (χ1n) is 10.9. The molecule has 0 saturated carbocycles. The Labute approximate surface area is 188 Å². The van der Waals surface area contributed by atoms with E-state index in [1.165, 1.54) is 23.4 Å². The van der Waals surface area contributed by atoms with Crippen molar-refractivity contribution in [2.24, 2.45) is 0 Å². The summed E-state index contributed by atoms with van der Waals surface area (Å²) in [5, 5.41) is 2.93. The molecule has 5 rings (SSSR count). The van der Waals surface area contributed by atoms with E-state index >= 15 is 0 Å². The molecule has 3 heterocycles. The summed E-state index contributed by atoms with van der Waals surface area (Å²) < 4.78 is 27.8. The van der Waals surface area contributed by atoms with Gasteiger partial charge in [-0.2, -0.15) is 0 Å². The largest absolute Gasteiger partial charge is 0.334 e. The zero-order valence-electron chi connectivity index (χ0n) is 18.2. The third kappa shape index (κ3) is 3.79. The second-order valence-corrected chi connectivity index (χ2v) is 10.5. The van der Waals surface area contributed by atoms with Gasteiger partial charge in [-0.25, -0.2) is 13.4 Å². The van der Waals surface area contributed by atoms with E-state index in [1.54, 1.807) is 18.2 Å². The summed E-state index contributed by atoms with van der Waals surface area (Å²) >= 11 is 0. The van der Waals surface area contributed by atoms with Crippen LogP contribution in [0.3, 0.4) is 0 Å². The number of amides is 1. The Hall–Kier alpha value is -3.13. The van der Waals surface area contributed by atoms with Crippen molar-refractivity contribution in [2.45, 2.75) is 45.2 Å². The van der Waals surface area contributed by atoms with Crippen LogP contribution in [0.15, 0.2) is 48.7 Å². The number of fused-ring (bicyclic) bond motifs is 2. The van der Waals surface area contributed by atoms with E-state index in [2.05, 4.69) is 16.1 Å². The predicted molar refractivity (Wildman–Crippen MR) is 125 cm³/mol. The van der Waals surface area contributed by atoms with Crippen LogP contribution in [-0.2, 0) is 29.4 Å². The number of sulfonamides is 1. The average molecular weight is 451 g/mol. The van der Waals surface area contributed by atoms with E-state index < -0.39 is 10.0 Å². The Morgan fingerprint density at radius 1 is 1.12 bits per heavy atom. The van der Waals surface area contributed by atoms with Crippen molar-refractivity contribution >= 4 is 27.3 Å². The maximum absolute atomic E-state index is 12.8. The lowest BCUT2D eigenvalue weighted by Gasteiger charge is -2.21. The summed E-state index contributed by atoms with van der Waals surface area (Å²) in [4.78, 5) is 17.6. The molecule has 0 bridgehead atoms. The standard InChI is InChI=1S/C24H26N4O3S/c1-16-13-19-14-18(8-11-22(19)28(16)32(2,30)31)24(29)25-20-9-6-17(7-10-20)21-15-27-12-4-3-5-23(27)26-21/h6-11,14-16H,3-5,12-13H2,1-2H3,(H,25,29). The monoisotopic (exact) mass is 450 g/mol. The van der Waals surface area contributed by atoms with Gasteiger partial charge in [0.1, 0.15) is 5.82 Å². The lowest BCUT2D eigenvalue weighted by Crippen LogP contribution is -2.34. The van der Waals surface area contributed by atoms with Crippen LogP contribution in [0, 0.1) is 0 Å². The van der Waals surface area contributed by atoms with Crippen LogP contribution in [0.1, 0.15) is 41.5 Å². The Bertz CT molecular complexity index is 1270. The number of carbonyl (C=O) groups excluding carboxylic acids is 1. The number of benzene rings is 2. The topological polar surface area (TPSA) is 84.3 Å². The number of aromatic nitrogens is 2. The lowest BCUT2D eigenvalue weighted by molar-refractivity contribution is 0.102. The maximum Gasteiger partial charge on any atom is 0.255 e. The molecule has 3 aromatic rings. The van der Waals surface area contributed by atoms with Gasteiger partial charge in [0.2, 0.25) is 10.0 Å². The van der Waals surface area contributed by atoms with Gasteiger partial charge in [0, 0.05) is 42.0 Å². The fourth-order valence-corrected chi connectivity index (χ4v) is 5.99. The first-order valence-corrected chi connectivity index (χ1v) is 12.7. The van der Waals surface area contributed by atoms with Crippen molar-refractivity contribution in [1.29, 1.82) is 0 Å². The van der Waals surface area contributed by atoms with Crippen molar-refractivity contribution in [1.82, 2.24) is 9.55 Å². The Balaban J connectivity index is 1.31. The van der Waals surface area contributed by atoms with Crippen molar-refractivity contribution < 1.29 is 13.2 Å². The molecule has 7 nitrogen and oxygen atoms in total. The molecule has 1 N–H and O–H groups in total. The minimum absolute atomic E-state index is 0.153. The number of aryl methyl sites for hydroxylation is 2. The summed E-state index contributed by atoms with van der Waals surface area (Å²) in [5.74, 6) is 0.924. The third-order valence-corrected chi connectivity index (χ3v) is 7.47. The molecule has 0 aliphatic carbocycles. The Kier molecular flexibility index (Phi) is 5.04. The van der Waals surface area contributed by atoms with Crippen LogP contribution in [0.5, 0.6) is 0 Å². The normalized spacial score (nSPS) is 17.7. The van der Waals surface area contributed by atoms with Gasteiger partial charge in [0.15, 0.2) is 0 Å². The molecule has 2 aromatic carbocycles. The Morgan fingerprint density at radius 2 is 1.91 bits per heavy atom. The highest BCUT2D eigenvalue weighted by atomic mass is 32.2. The van der Waals surface area contributed by atoms with Crippen LogP contribution in [-0.4, -0.2) is 36.2 Å². The number of nitrogens with one attached hydrogen (secondary N) is 1. The average Bonchev–Trinajstić information content (AvgIpc) is 3.33. The molecule has 1 aromatic heterocycles. The van der Waals surface area contributed by atoms with Crippen molar-refractivity contribution in [3.8, 4) is 11.3 Å². The Morgan fingerprint density at radius 3 is 2.62 bits per heavy atom. The summed E-state index contributed by atoms with van der Waals surface area (Å²) in [6.07, 6.45) is 7.31. The molecule has 0 saturated heterocycles. The van der Waals surface area contributed by atoms with Gasteiger partial charge in [-0.05, 0) is 62.1 Å². The molecule has 1 amide bonds. The van der Waals surface area contributed by atoms with Crippen LogP contribution < -0.4 is 9.62 Å². The first-order chi connectivity index (χ1) is 15.3. The molecule has 2 aliphatic heterocycles. The van der Waals surface area contributed by atoms with Gasteiger partial charge >= 0.3 is 0 Å². The number of hydrogen-bond acceptors (Lipinski definition) is 4. The fourth-order valence-electron chi connectivity index (χ4n) is 4.73. The van der Waals surface area contributed by atoms with E-state index in [1.807, 2.05) is 31.2 Å². The number of hydrogen-bond donors (Lipinski definition) is 1. The number of nitrogens with zero attached hydrogens (tertiary/aromatic N) is 3. The highest BCUT2D eigenvalue weighted by Crippen LogP contribution is 2.35. The number of imidazole rings is 1. The van der Waals surface area contributed by atoms with Crippen molar-refractivity contribution in [2.75, 3.05) is 15.9 Å². The molecule has 1 atom stereocenters. The minimum atomic E-state index is -3.35. The molecular weight excluding hydrogens is 424 g/mol. The quantitative estimate of drug-likeness (QED) is 0.654. The minimum Gasteiger partial charge on any atom is -0.334 e. The van der Waals surface area contributed by atoms with E-state index in [9.17, 15) is 13.2 Å². The number of anilines is 2. The predicted octanol–water partition coefficient (Wildman–Crippen LogP) is 3.85. The zero-order valence-corrected chi connectivity index (χ0v) is 19.0. The molecule has 8 heteroatoms. The van der Waals surface area contributed by atoms with Gasteiger partial charge in [-0.3, -0.25) is 9.10 Å². The molecule has 166 valence electrons. The third-order valence-electron chi connectivity index (χ3n) is 6.20. The highest BCUT2D eigenvalue weighted by Gasteiger charge is 2.32. The SMILES string of the molecule is CC1Cc2cc(C(=O)Nc3ccc(-c4cn5c(n4)CCCC5)cc3)ccc2N1S(C)(=O)=O. The molecule has 32 heavy (non-hydrogen) atoms. The fraction of sp³-hybridized carbons (Fsp3) is 0.333. The van der Waals surface area contributed by atoms with Gasteiger partial charge in [-0.15, -0.1) is 0 Å². The van der Waals surface area contributed by atoms with Crippen LogP contribution >= 0.6 is 0 Å². The molecule has 0 spiro atoms. The number of carbonyl (C=O) groups is 1. The highest BCUT2D eigenvalue weighted by molar-refractivity contribution is 7.92. The second kappa shape index (κ2) is 7.78. The second-order valence-electron chi connectivity index (χ2n) is 8.68. The number of rotatable bonds is 4. The molecule has 2 aliphatic rings. The lowest BCUT2D eigenvalue weighted by atomic mass is 10.1. The maximum atomic E-state index is 12.8. The first kappa shape index (κ1) is 20.8. The van der Waals surface area contributed by atoms with E-state index in [0.29, 0.717) is 23.4 Å². The van der Waals surface area contributed by atoms with Gasteiger partial charge in [-0.1, -0.05) is 12.1 Å². The molecule has 1 unspecified atom stereocenters.